The van der Waals surface area contributed by atoms with Gasteiger partial charge in [-0.05, 0) is 36.4 Å². The maximum absolute atomic E-state index is 11.3. The van der Waals surface area contributed by atoms with Crippen LogP contribution in [0.1, 0.15) is 10.4 Å². The molecule has 1 aromatic carbocycles. The summed E-state index contributed by atoms with van der Waals surface area (Å²) in [5.41, 5.74) is 8.79. The summed E-state index contributed by atoms with van der Waals surface area (Å²) in [6.07, 6.45) is 1.63. The third kappa shape index (κ3) is 4.66. The van der Waals surface area contributed by atoms with Crippen molar-refractivity contribution in [1.82, 2.24) is 10.4 Å². The third-order valence-electron chi connectivity index (χ3n) is 2.61. The molecule has 0 aliphatic heterocycles. The van der Waals surface area contributed by atoms with Crippen LogP contribution >= 0.6 is 11.8 Å². The molecule has 21 heavy (non-hydrogen) atoms. The van der Waals surface area contributed by atoms with Gasteiger partial charge in [0.2, 0.25) is 0 Å². The van der Waals surface area contributed by atoms with Crippen LogP contribution in [0.2, 0.25) is 0 Å². The van der Waals surface area contributed by atoms with E-state index in [0.717, 1.165) is 10.8 Å². The van der Waals surface area contributed by atoms with Crippen LogP contribution in [-0.2, 0) is 0 Å². The lowest BCUT2D eigenvalue weighted by Gasteiger charge is -2.06. The standard InChI is InChI=1S/C14H16N4O2S/c15-11-3-6-13(17-9-11)21-8-7-20-12-4-1-10(2-5-12)14(19)18-16/h1-6,9H,7-8,15-16H2,(H,18,19). The molecule has 0 radical (unpaired) electrons. The average molecular weight is 304 g/mol. The summed E-state index contributed by atoms with van der Waals surface area (Å²) in [6.45, 7) is 0.541. The van der Waals surface area contributed by atoms with Crippen molar-refractivity contribution in [3.05, 3.63) is 48.2 Å². The van der Waals surface area contributed by atoms with Crippen molar-refractivity contribution in [1.29, 1.82) is 0 Å². The van der Waals surface area contributed by atoms with Gasteiger partial charge in [0, 0.05) is 11.3 Å². The second-order valence-electron chi connectivity index (χ2n) is 4.12. The maximum atomic E-state index is 11.3. The zero-order chi connectivity index (χ0) is 15.1. The van der Waals surface area contributed by atoms with E-state index >= 15 is 0 Å². The number of carbonyl (C=O) groups is 1. The Bertz CT molecular complexity index is 587. The Balaban J connectivity index is 1.75. The van der Waals surface area contributed by atoms with E-state index < -0.39 is 0 Å². The number of benzene rings is 1. The second kappa shape index (κ2) is 7.51. The number of thioether (sulfide) groups is 1. The lowest BCUT2D eigenvalue weighted by Crippen LogP contribution is -2.29. The molecule has 0 unspecified atom stereocenters. The molecule has 0 bridgehead atoms. The number of hydrogen-bond donors (Lipinski definition) is 3. The molecule has 1 aromatic heterocycles. The highest BCUT2D eigenvalue weighted by Crippen LogP contribution is 2.17. The average Bonchev–Trinajstić information content (AvgIpc) is 2.53. The summed E-state index contributed by atoms with van der Waals surface area (Å²) >= 11 is 1.59. The highest BCUT2D eigenvalue weighted by molar-refractivity contribution is 7.99. The van der Waals surface area contributed by atoms with E-state index in [1.54, 1.807) is 42.2 Å². The van der Waals surface area contributed by atoms with E-state index in [-0.39, 0.29) is 5.91 Å². The molecule has 0 spiro atoms. The molecule has 1 amide bonds. The molecule has 0 aliphatic carbocycles. The Kier molecular flexibility index (Phi) is 5.42. The zero-order valence-electron chi connectivity index (χ0n) is 11.3. The van der Waals surface area contributed by atoms with Gasteiger partial charge in [-0.2, -0.15) is 0 Å². The first-order chi connectivity index (χ1) is 10.2. The molecule has 6 nitrogen and oxygen atoms in total. The molecule has 0 aliphatic rings. The molecule has 110 valence electrons. The summed E-state index contributed by atoms with van der Waals surface area (Å²) in [4.78, 5) is 15.5. The molecule has 7 heteroatoms. The van der Waals surface area contributed by atoms with Crippen LogP contribution in [0.15, 0.2) is 47.6 Å². The number of anilines is 1. The number of nitrogens with two attached hydrogens (primary N) is 2. The predicted octanol–water partition coefficient (Wildman–Crippen LogP) is 1.44. The van der Waals surface area contributed by atoms with Crippen LogP contribution in [0.3, 0.4) is 0 Å². The largest absolute Gasteiger partial charge is 0.493 e. The Morgan fingerprint density at radius 3 is 2.62 bits per heavy atom. The summed E-state index contributed by atoms with van der Waals surface area (Å²) in [5, 5.41) is 0.905. The smallest absolute Gasteiger partial charge is 0.265 e. The summed E-state index contributed by atoms with van der Waals surface area (Å²) in [7, 11) is 0. The molecule has 0 fully saturated rings. The van der Waals surface area contributed by atoms with Crippen LogP contribution in [0.5, 0.6) is 5.75 Å². The molecule has 2 aromatic rings. The van der Waals surface area contributed by atoms with Gasteiger partial charge in [-0.25, -0.2) is 10.8 Å². The number of pyridine rings is 1. The number of nitrogen functional groups attached to an aromatic ring is 2. The Morgan fingerprint density at radius 2 is 2.00 bits per heavy atom. The fourth-order valence-electron chi connectivity index (χ4n) is 1.57. The van der Waals surface area contributed by atoms with Gasteiger partial charge < -0.3 is 10.5 Å². The van der Waals surface area contributed by atoms with Crippen molar-refractivity contribution < 1.29 is 9.53 Å². The summed E-state index contributed by atoms with van der Waals surface area (Å²) < 4.78 is 5.58. The van der Waals surface area contributed by atoms with Crippen molar-refractivity contribution in [2.24, 2.45) is 5.84 Å². The van der Waals surface area contributed by atoms with Gasteiger partial charge in [0.05, 0.1) is 23.5 Å². The Morgan fingerprint density at radius 1 is 1.24 bits per heavy atom. The van der Waals surface area contributed by atoms with E-state index in [9.17, 15) is 4.79 Å². The van der Waals surface area contributed by atoms with E-state index in [2.05, 4.69) is 10.4 Å². The number of aromatic nitrogens is 1. The minimum absolute atomic E-state index is 0.327. The fraction of sp³-hybridized carbons (Fsp3) is 0.143. The minimum atomic E-state index is -0.327. The number of carbonyl (C=O) groups excluding carboxylic acids is 1. The van der Waals surface area contributed by atoms with Crippen molar-refractivity contribution in [3.8, 4) is 5.75 Å². The number of nitrogens with zero attached hydrogens (tertiary/aromatic N) is 1. The fourth-order valence-corrected chi connectivity index (χ4v) is 2.24. The molecule has 1 heterocycles. The quantitative estimate of drug-likeness (QED) is 0.245. The van der Waals surface area contributed by atoms with E-state index in [1.165, 1.54) is 0 Å². The highest BCUT2D eigenvalue weighted by Gasteiger charge is 2.03. The molecular formula is C14H16N4O2S. The van der Waals surface area contributed by atoms with E-state index in [0.29, 0.717) is 23.6 Å². The monoisotopic (exact) mass is 304 g/mol. The van der Waals surface area contributed by atoms with Gasteiger partial charge in [-0.15, -0.1) is 11.8 Å². The Labute approximate surface area is 126 Å². The topological polar surface area (TPSA) is 103 Å². The van der Waals surface area contributed by atoms with Crippen molar-refractivity contribution >= 4 is 23.4 Å². The van der Waals surface area contributed by atoms with Crippen molar-refractivity contribution in [3.63, 3.8) is 0 Å². The minimum Gasteiger partial charge on any atom is -0.493 e. The van der Waals surface area contributed by atoms with Gasteiger partial charge in [-0.3, -0.25) is 10.2 Å². The third-order valence-corrected chi connectivity index (χ3v) is 3.52. The number of amides is 1. The van der Waals surface area contributed by atoms with Crippen molar-refractivity contribution in [2.75, 3.05) is 18.1 Å². The predicted molar refractivity (Wildman–Crippen MR) is 83.0 cm³/mol. The number of hydrazine groups is 1. The molecular weight excluding hydrogens is 288 g/mol. The first kappa shape index (κ1) is 15.1. The second-order valence-corrected chi connectivity index (χ2v) is 5.24. The van der Waals surface area contributed by atoms with Crippen LogP contribution < -0.4 is 21.7 Å². The summed E-state index contributed by atoms with van der Waals surface area (Å²) in [5.74, 6) is 6.20. The number of hydrogen-bond acceptors (Lipinski definition) is 6. The maximum Gasteiger partial charge on any atom is 0.265 e. The number of rotatable bonds is 6. The van der Waals surface area contributed by atoms with Crippen LogP contribution in [0, 0.1) is 0 Å². The molecule has 0 atom stereocenters. The number of ether oxygens (including phenoxy) is 1. The lowest BCUT2D eigenvalue weighted by molar-refractivity contribution is 0.0953. The normalized spacial score (nSPS) is 10.1. The first-order valence-electron chi connectivity index (χ1n) is 6.27. The van der Waals surface area contributed by atoms with Gasteiger partial charge in [-0.1, -0.05) is 0 Å². The highest BCUT2D eigenvalue weighted by atomic mass is 32.2. The van der Waals surface area contributed by atoms with Crippen LogP contribution in [-0.4, -0.2) is 23.3 Å². The van der Waals surface area contributed by atoms with Gasteiger partial charge in [0.25, 0.3) is 5.91 Å². The Hall–Kier alpha value is -2.25. The molecule has 0 saturated carbocycles. The molecule has 2 rings (SSSR count). The number of nitrogens with one attached hydrogen (secondary N) is 1. The van der Waals surface area contributed by atoms with E-state index in [1.807, 2.05) is 12.1 Å². The molecule has 0 saturated heterocycles. The van der Waals surface area contributed by atoms with E-state index in [4.69, 9.17) is 16.3 Å². The molecule has 5 N–H and O–H groups in total. The van der Waals surface area contributed by atoms with Gasteiger partial charge >= 0.3 is 0 Å². The lowest BCUT2D eigenvalue weighted by atomic mass is 10.2. The van der Waals surface area contributed by atoms with Gasteiger partial charge in [0.1, 0.15) is 5.75 Å². The van der Waals surface area contributed by atoms with Gasteiger partial charge in [0.15, 0.2) is 0 Å². The van der Waals surface area contributed by atoms with Crippen LogP contribution in [0.4, 0.5) is 5.69 Å². The van der Waals surface area contributed by atoms with Crippen LogP contribution in [0.25, 0.3) is 0 Å². The zero-order valence-corrected chi connectivity index (χ0v) is 12.1. The SMILES string of the molecule is NNC(=O)c1ccc(OCCSc2ccc(N)cn2)cc1. The first-order valence-corrected chi connectivity index (χ1v) is 7.26. The summed E-state index contributed by atoms with van der Waals surface area (Å²) in [6, 6.07) is 10.5. The van der Waals surface area contributed by atoms with Crippen molar-refractivity contribution in [2.45, 2.75) is 5.03 Å².